The van der Waals surface area contributed by atoms with Crippen LogP contribution < -0.4 is 4.74 Å². The Kier molecular flexibility index (Phi) is 4.41. The lowest BCUT2D eigenvalue weighted by Crippen LogP contribution is -2.13. The van der Waals surface area contributed by atoms with Crippen LogP contribution in [-0.2, 0) is 28.9 Å². The van der Waals surface area contributed by atoms with Crippen LogP contribution in [0.3, 0.4) is 0 Å². The third-order valence-electron chi connectivity index (χ3n) is 5.18. The lowest BCUT2D eigenvalue weighted by Gasteiger charge is -2.14. The highest BCUT2D eigenvalue weighted by Crippen LogP contribution is 2.38. The van der Waals surface area contributed by atoms with Crippen molar-refractivity contribution >= 4 is 16.9 Å². The number of ether oxygens (including phenoxy) is 2. The third kappa shape index (κ3) is 2.96. The maximum Gasteiger partial charge on any atom is 0.343 e. The lowest BCUT2D eigenvalue weighted by molar-refractivity contribution is -0.142. The maximum absolute atomic E-state index is 11.5. The van der Waals surface area contributed by atoms with Crippen LogP contribution in [0, 0.1) is 6.92 Å². The van der Waals surface area contributed by atoms with E-state index in [0.29, 0.717) is 0 Å². The number of carbonyl (C=O) groups is 1. The Labute approximate surface area is 153 Å². The van der Waals surface area contributed by atoms with Crippen LogP contribution in [0.2, 0.25) is 0 Å². The van der Waals surface area contributed by atoms with Crippen LogP contribution in [0.25, 0.3) is 10.9 Å². The number of aryl methyl sites for hydroxylation is 3. The van der Waals surface area contributed by atoms with Gasteiger partial charge >= 0.3 is 5.97 Å². The molecule has 0 unspecified atom stereocenters. The molecule has 0 aliphatic heterocycles. The number of carbonyl (C=O) groups excluding carboxylic acids is 1. The lowest BCUT2D eigenvalue weighted by atomic mass is 10.1. The summed E-state index contributed by atoms with van der Waals surface area (Å²) in [6.07, 6.45) is 3.33. The summed E-state index contributed by atoms with van der Waals surface area (Å²) in [5.74, 6) is 0.417. The Hall–Kier alpha value is -2.75. The number of benzene rings is 2. The van der Waals surface area contributed by atoms with Crippen LogP contribution in [0.1, 0.15) is 28.8 Å². The van der Waals surface area contributed by atoms with Crippen molar-refractivity contribution in [2.45, 2.75) is 32.7 Å². The van der Waals surface area contributed by atoms with Crippen molar-refractivity contribution in [3.63, 3.8) is 0 Å². The van der Waals surface area contributed by atoms with Crippen molar-refractivity contribution in [2.75, 3.05) is 13.7 Å². The Balaban J connectivity index is 1.82. The molecule has 0 atom stereocenters. The van der Waals surface area contributed by atoms with Crippen LogP contribution in [0.15, 0.2) is 42.5 Å². The molecular weight excluding hydrogens is 326 g/mol. The second-order valence-corrected chi connectivity index (χ2v) is 6.85. The van der Waals surface area contributed by atoms with Gasteiger partial charge in [0.2, 0.25) is 0 Å². The fourth-order valence-electron chi connectivity index (χ4n) is 3.91. The van der Waals surface area contributed by atoms with Crippen LogP contribution in [0.4, 0.5) is 0 Å². The Morgan fingerprint density at radius 2 is 1.96 bits per heavy atom. The summed E-state index contributed by atoms with van der Waals surface area (Å²) < 4.78 is 12.9. The maximum atomic E-state index is 11.5. The predicted octanol–water partition coefficient (Wildman–Crippen LogP) is 4.04. The van der Waals surface area contributed by atoms with E-state index in [0.717, 1.165) is 30.5 Å². The van der Waals surface area contributed by atoms with E-state index in [9.17, 15) is 4.79 Å². The molecule has 0 N–H and O–H groups in total. The van der Waals surface area contributed by atoms with E-state index in [1.165, 1.54) is 41.4 Å². The second kappa shape index (κ2) is 6.87. The summed E-state index contributed by atoms with van der Waals surface area (Å²) in [5.41, 5.74) is 6.49. The summed E-state index contributed by atoms with van der Waals surface area (Å²) in [7, 11) is 1.38. The summed E-state index contributed by atoms with van der Waals surface area (Å²) >= 11 is 0. The minimum absolute atomic E-state index is 0.0622. The number of rotatable bonds is 5. The number of fused-ring (bicyclic) bond motifs is 3. The monoisotopic (exact) mass is 349 g/mol. The first kappa shape index (κ1) is 16.7. The van der Waals surface area contributed by atoms with Gasteiger partial charge in [0.15, 0.2) is 6.61 Å². The van der Waals surface area contributed by atoms with Gasteiger partial charge < -0.3 is 14.0 Å². The van der Waals surface area contributed by atoms with E-state index in [2.05, 4.69) is 47.9 Å². The Morgan fingerprint density at radius 3 is 2.73 bits per heavy atom. The van der Waals surface area contributed by atoms with Crippen molar-refractivity contribution in [3.05, 3.63) is 64.8 Å². The van der Waals surface area contributed by atoms with Gasteiger partial charge in [-0.1, -0.05) is 30.3 Å². The second-order valence-electron chi connectivity index (χ2n) is 6.85. The molecule has 0 amide bonds. The minimum atomic E-state index is -0.362. The highest BCUT2D eigenvalue weighted by atomic mass is 16.6. The molecule has 134 valence electrons. The first-order valence-electron chi connectivity index (χ1n) is 9.05. The Morgan fingerprint density at radius 1 is 1.15 bits per heavy atom. The smallest absolute Gasteiger partial charge is 0.343 e. The van der Waals surface area contributed by atoms with Crippen molar-refractivity contribution in [3.8, 4) is 5.75 Å². The summed E-state index contributed by atoms with van der Waals surface area (Å²) in [4.78, 5) is 11.5. The highest BCUT2D eigenvalue weighted by Gasteiger charge is 2.22. The molecule has 0 saturated carbocycles. The van der Waals surface area contributed by atoms with Gasteiger partial charge in [0, 0.05) is 17.6 Å². The van der Waals surface area contributed by atoms with E-state index in [1.807, 2.05) is 6.07 Å². The number of aromatic nitrogens is 1. The molecule has 2 aromatic carbocycles. The molecule has 4 nitrogen and oxygen atoms in total. The molecule has 0 spiro atoms. The molecule has 1 aliphatic rings. The van der Waals surface area contributed by atoms with Crippen LogP contribution >= 0.6 is 0 Å². The van der Waals surface area contributed by atoms with E-state index in [1.54, 1.807) is 0 Å². The molecule has 4 rings (SSSR count). The molecule has 1 aliphatic carbocycles. The van der Waals surface area contributed by atoms with Gasteiger partial charge in [-0.05, 0) is 55.0 Å². The first-order chi connectivity index (χ1) is 12.7. The quantitative estimate of drug-likeness (QED) is 0.653. The summed E-state index contributed by atoms with van der Waals surface area (Å²) in [6, 6.07) is 14.8. The fraction of sp³-hybridized carbons (Fsp3) is 0.318. The number of hydrogen-bond donors (Lipinski definition) is 0. The van der Waals surface area contributed by atoms with Crippen LogP contribution in [-0.4, -0.2) is 24.3 Å². The van der Waals surface area contributed by atoms with E-state index in [4.69, 9.17) is 9.47 Å². The zero-order valence-electron chi connectivity index (χ0n) is 15.2. The predicted molar refractivity (Wildman–Crippen MR) is 102 cm³/mol. The van der Waals surface area contributed by atoms with Crippen molar-refractivity contribution in [1.82, 2.24) is 4.57 Å². The van der Waals surface area contributed by atoms with Gasteiger partial charge in [-0.15, -0.1) is 0 Å². The zero-order chi connectivity index (χ0) is 18.1. The van der Waals surface area contributed by atoms with Gasteiger partial charge in [-0.25, -0.2) is 4.79 Å². The number of methoxy groups -OCH3 is 1. The average Bonchev–Trinajstić information content (AvgIpc) is 3.25. The van der Waals surface area contributed by atoms with E-state index < -0.39 is 0 Å². The molecule has 0 bridgehead atoms. The number of hydrogen-bond acceptors (Lipinski definition) is 3. The molecule has 0 saturated heterocycles. The van der Waals surface area contributed by atoms with Gasteiger partial charge in [0.1, 0.15) is 5.75 Å². The third-order valence-corrected chi connectivity index (χ3v) is 5.18. The minimum Gasteiger partial charge on any atom is -0.481 e. The van der Waals surface area contributed by atoms with Crippen molar-refractivity contribution < 1.29 is 14.3 Å². The van der Waals surface area contributed by atoms with Gasteiger partial charge in [-0.3, -0.25) is 0 Å². The van der Waals surface area contributed by atoms with Gasteiger partial charge in [-0.2, -0.15) is 0 Å². The zero-order valence-corrected chi connectivity index (χ0v) is 15.2. The first-order valence-corrected chi connectivity index (χ1v) is 9.05. The highest BCUT2D eigenvalue weighted by molar-refractivity contribution is 5.92. The molecular formula is C22H23NO3. The van der Waals surface area contributed by atoms with Gasteiger partial charge in [0.25, 0.3) is 0 Å². The van der Waals surface area contributed by atoms with E-state index >= 15 is 0 Å². The topological polar surface area (TPSA) is 40.5 Å². The molecule has 0 fully saturated rings. The molecule has 0 radical (unpaired) electrons. The average molecular weight is 349 g/mol. The SMILES string of the molecule is COC(=O)COc1cc2c(c3c1cc(C)n3Cc1ccccc1)CCC2. The summed E-state index contributed by atoms with van der Waals surface area (Å²) in [6.45, 7) is 2.91. The molecule has 1 aromatic heterocycles. The fourth-order valence-corrected chi connectivity index (χ4v) is 3.91. The van der Waals surface area contributed by atoms with Crippen LogP contribution in [0.5, 0.6) is 5.75 Å². The molecule has 1 heterocycles. The number of esters is 1. The standard InChI is InChI=1S/C22H23NO3/c1-15-11-19-20(26-14-21(24)25-2)12-17-9-6-10-18(17)22(19)23(15)13-16-7-4-3-5-8-16/h3-5,7-8,11-12H,6,9-10,13-14H2,1-2H3. The van der Waals surface area contributed by atoms with Crippen molar-refractivity contribution in [2.24, 2.45) is 0 Å². The summed E-state index contributed by atoms with van der Waals surface area (Å²) in [5, 5.41) is 1.09. The largest absolute Gasteiger partial charge is 0.481 e. The molecule has 3 aromatic rings. The van der Waals surface area contributed by atoms with E-state index in [-0.39, 0.29) is 12.6 Å². The molecule has 26 heavy (non-hydrogen) atoms. The van der Waals surface area contributed by atoms with Gasteiger partial charge in [0.05, 0.1) is 12.6 Å². The Bertz CT molecular complexity index is 957. The van der Waals surface area contributed by atoms with Crippen molar-refractivity contribution in [1.29, 1.82) is 0 Å². The molecule has 4 heteroatoms. The number of nitrogens with zero attached hydrogens (tertiary/aromatic N) is 1. The normalized spacial score (nSPS) is 13.0.